The fourth-order valence-corrected chi connectivity index (χ4v) is 3.96. The molecular formula is C17H17BrO2S. The van der Waals surface area contributed by atoms with E-state index in [0.29, 0.717) is 0 Å². The number of aliphatic hydroxyl groups is 1. The van der Waals surface area contributed by atoms with E-state index in [1.54, 1.807) is 18.7 Å². The molecule has 4 heteroatoms. The van der Waals surface area contributed by atoms with E-state index in [0.717, 1.165) is 34.6 Å². The van der Waals surface area contributed by atoms with Crippen molar-refractivity contribution in [3.05, 3.63) is 57.6 Å². The number of ether oxygens (including phenoxy) is 1. The number of benzene rings is 2. The van der Waals surface area contributed by atoms with Gasteiger partial charge in [0.25, 0.3) is 0 Å². The lowest BCUT2D eigenvalue weighted by Crippen LogP contribution is -1.92. The standard InChI is InChI=1S/C17H17BrO2S/c1-11(19)12-3-2-4-16(9-12)21-10-14-8-15(18)7-13-5-6-20-17(13)14/h2-4,7-9,11,19H,5-6,10H2,1H3. The SMILES string of the molecule is CC(O)c1cccc(SCc2cc(Br)cc3c2OCC3)c1. The zero-order valence-electron chi connectivity index (χ0n) is 11.8. The van der Waals surface area contributed by atoms with Gasteiger partial charge in [0.05, 0.1) is 12.7 Å². The third-order valence-electron chi connectivity index (χ3n) is 3.56. The Morgan fingerprint density at radius 3 is 3.00 bits per heavy atom. The highest BCUT2D eigenvalue weighted by molar-refractivity contribution is 9.10. The maximum Gasteiger partial charge on any atom is 0.126 e. The van der Waals surface area contributed by atoms with Crippen LogP contribution in [0, 0.1) is 0 Å². The van der Waals surface area contributed by atoms with E-state index >= 15 is 0 Å². The summed E-state index contributed by atoms with van der Waals surface area (Å²) in [4.78, 5) is 1.17. The van der Waals surface area contributed by atoms with Crippen LogP contribution in [-0.4, -0.2) is 11.7 Å². The van der Waals surface area contributed by atoms with Crippen LogP contribution in [0.2, 0.25) is 0 Å². The predicted molar refractivity (Wildman–Crippen MR) is 90.0 cm³/mol. The monoisotopic (exact) mass is 364 g/mol. The highest BCUT2D eigenvalue weighted by Crippen LogP contribution is 2.36. The number of thioether (sulfide) groups is 1. The lowest BCUT2D eigenvalue weighted by molar-refractivity contribution is 0.199. The Hall–Kier alpha value is -0.970. The van der Waals surface area contributed by atoms with Crippen molar-refractivity contribution >= 4 is 27.7 Å². The van der Waals surface area contributed by atoms with Gasteiger partial charge in [0, 0.05) is 27.1 Å². The molecule has 0 aliphatic carbocycles. The molecule has 1 unspecified atom stereocenters. The molecule has 0 amide bonds. The van der Waals surface area contributed by atoms with Crippen LogP contribution >= 0.6 is 27.7 Å². The van der Waals surface area contributed by atoms with Crippen LogP contribution in [0.25, 0.3) is 0 Å². The van der Waals surface area contributed by atoms with E-state index in [-0.39, 0.29) is 0 Å². The van der Waals surface area contributed by atoms with Crippen molar-refractivity contribution in [3.8, 4) is 5.75 Å². The van der Waals surface area contributed by atoms with Gasteiger partial charge in [0.2, 0.25) is 0 Å². The highest BCUT2D eigenvalue weighted by Gasteiger charge is 2.17. The fraction of sp³-hybridized carbons (Fsp3) is 0.294. The van der Waals surface area contributed by atoms with Crippen LogP contribution < -0.4 is 4.74 Å². The Balaban J connectivity index is 1.78. The molecule has 1 atom stereocenters. The van der Waals surface area contributed by atoms with Crippen LogP contribution in [0.5, 0.6) is 5.75 Å². The molecule has 1 aliphatic heterocycles. The third kappa shape index (κ3) is 3.44. The van der Waals surface area contributed by atoms with Gasteiger partial charge in [0.15, 0.2) is 0 Å². The van der Waals surface area contributed by atoms with Gasteiger partial charge in [-0.05, 0) is 42.3 Å². The largest absolute Gasteiger partial charge is 0.493 e. The summed E-state index contributed by atoms with van der Waals surface area (Å²) in [5.74, 6) is 1.92. The highest BCUT2D eigenvalue weighted by atomic mass is 79.9. The zero-order chi connectivity index (χ0) is 14.8. The van der Waals surface area contributed by atoms with Gasteiger partial charge in [-0.2, -0.15) is 0 Å². The fourth-order valence-electron chi connectivity index (χ4n) is 2.48. The first-order valence-electron chi connectivity index (χ1n) is 6.98. The summed E-state index contributed by atoms with van der Waals surface area (Å²) in [6.07, 6.45) is 0.563. The molecule has 0 saturated carbocycles. The van der Waals surface area contributed by atoms with Gasteiger partial charge < -0.3 is 9.84 Å². The van der Waals surface area contributed by atoms with Gasteiger partial charge in [-0.3, -0.25) is 0 Å². The molecule has 0 bridgehead atoms. The Morgan fingerprint density at radius 1 is 1.33 bits per heavy atom. The van der Waals surface area contributed by atoms with E-state index < -0.39 is 6.10 Å². The summed E-state index contributed by atoms with van der Waals surface area (Å²) < 4.78 is 6.87. The minimum atomic E-state index is -0.427. The van der Waals surface area contributed by atoms with Crippen LogP contribution in [-0.2, 0) is 12.2 Å². The van der Waals surface area contributed by atoms with Crippen molar-refractivity contribution in [1.29, 1.82) is 0 Å². The van der Waals surface area contributed by atoms with E-state index in [9.17, 15) is 5.11 Å². The number of aliphatic hydroxyl groups excluding tert-OH is 1. The second-order valence-corrected chi connectivity index (χ2v) is 7.15. The molecule has 0 saturated heterocycles. The maximum atomic E-state index is 9.66. The predicted octanol–water partition coefficient (Wildman–Crippen LogP) is 4.73. The number of hydrogen-bond acceptors (Lipinski definition) is 3. The second kappa shape index (κ2) is 6.42. The summed E-state index contributed by atoms with van der Waals surface area (Å²) in [5.41, 5.74) is 3.47. The quantitative estimate of drug-likeness (QED) is 0.795. The van der Waals surface area contributed by atoms with Crippen molar-refractivity contribution in [3.63, 3.8) is 0 Å². The average Bonchev–Trinajstić information content (AvgIpc) is 2.93. The summed E-state index contributed by atoms with van der Waals surface area (Å²) in [6.45, 7) is 2.57. The molecule has 3 rings (SSSR count). The normalized spacial score (nSPS) is 14.6. The van der Waals surface area contributed by atoms with Crippen LogP contribution in [0.1, 0.15) is 29.7 Å². The number of halogens is 1. The first kappa shape index (κ1) is 14.9. The van der Waals surface area contributed by atoms with Crippen LogP contribution in [0.15, 0.2) is 45.8 Å². The molecule has 1 N–H and O–H groups in total. The van der Waals surface area contributed by atoms with Gasteiger partial charge >= 0.3 is 0 Å². The molecule has 110 valence electrons. The van der Waals surface area contributed by atoms with Gasteiger partial charge in [0.1, 0.15) is 5.75 Å². The molecule has 21 heavy (non-hydrogen) atoms. The molecule has 1 aliphatic rings. The Bertz CT molecular complexity index is 655. The third-order valence-corrected chi connectivity index (χ3v) is 5.06. The van der Waals surface area contributed by atoms with Gasteiger partial charge in [-0.1, -0.05) is 28.1 Å². The lowest BCUT2D eigenvalue weighted by atomic mass is 10.1. The summed E-state index contributed by atoms with van der Waals surface area (Å²) >= 11 is 5.34. The first-order valence-corrected chi connectivity index (χ1v) is 8.76. The molecule has 0 radical (unpaired) electrons. The van der Waals surface area contributed by atoms with Crippen molar-refractivity contribution in [2.45, 2.75) is 30.1 Å². The van der Waals surface area contributed by atoms with Crippen LogP contribution in [0.3, 0.4) is 0 Å². The minimum Gasteiger partial charge on any atom is -0.493 e. The van der Waals surface area contributed by atoms with E-state index in [4.69, 9.17) is 4.74 Å². The molecule has 0 fully saturated rings. The Morgan fingerprint density at radius 2 is 2.19 bits per heavy atom. The van der Waals surface area contributed by atoms with Gasteiger partial charge in [-0.25, -0.2) is 0 Å². The summed E-state index contributed by atoms with van der Waals surface area (Å²) in [7, 11) is 0. The molecule has 2 nitrogen and oxygen atoms in total. The van der Waals surface area contributed by atoms with Gasteiger partial charge in [-0.15, -0.1) is 11.8 Å². The number of fused-ring (bicyclic) bond motifs is 1. The molecule has 0 aromatic heterocycles. The molecule has 1 heterocycles. The van der Waals surface area contributed by atoms with Crippen molar-refractivity contribution in [2.24, 2.45) is 0 Å². The summed E-state index contributed by atoms with van der Waals surface area (Å²) in [6, 6.07) is 12.4. The van der Waals surface area contributed by atoms with Crippen molar-refractivity contribution < 1.29 is 9.84 Å². The first-order chi connectivity index (χ1) is 10.1. The zero-order valence-corrected chi connectivity index (χ0v) is 14.2. The Labute approximate surface area is 137 Å². The van der Waals surface area contributed by atoms with Crippen LogP contribution in [0.4, 0.5) is 0 Å². The molecule has 2 aromatic rings. The number of hydrogen-bond donors (Lipinski definition) is 1. The smallest absolute Gasteiger partial charge is 0.126 e. The molecule has 2 aromatic carbocycles. The van der Waals surface area contributed by atoms with E-state index in [1.165, 1.54) is 16.0 Å². The van der Waals surface area contributed by atoms with Crippen molar-refractivity contribution in [2.75, 3.05) is 6.61 Å². The maximum absolute atomic E-state index is 9.66. The Kier molecular flexibility index (Phi) is 4.57. The number of rotatable bonds is 4. The van der Waals surface area contributed by atoms with E-state index in [2.05, 4.69) is 40.2 Å². The molecular weight excluding hydrogens is 348 g/mol. The second-order valence-electron chi connectivity index (χ2n) is 5.19. The van der Waals surface area contributed by atoms with Crippen molar-refractivity contribution in [1.82, 2.24) is 0 Å². The lowest BCUT2D eigenvalue weighted by Gasteiger charge is -2.10. The minimum absolute atomic E-state index is 0.427. The molecule has 0 spiro atoms. The summed E-state index contributed by atoms with van der Waals surface area (Å²) in [5, 5.41) is 9.66. The average molecular weight is 365 g/mol. The van der Waals surface area contributed by atoms with E-state index in [1.807, 2.05) is 12.1 Å². The topological polar surface area (TPSA) is 29.5 Å².